The summed E-state index contributed by atoms with van der Waals surface area (Å²) in [5, 5.41) is 3.23. The Morgan fingerprint density at radius 1 is 1.14 bits per heavy atom. The largest absolute Gasteiger partial charge is 0.497 e. The topological polar surface area (TPSA) is 41.6 Å². The van der Waals surface area contributed by atoms with Crippen LogP contribution in [0.25, 0.3) is 0 Å². The van der Waals surface area contributed by atoms with E-state index in [4.69, 9.17) is 4.74 Å². The second-order valence-electron chi connectivity index (χ2n) is 7.88. The third-order valence-electron chi connectivity index (χ3n) is 5.63. The first-order valence-electron chi connectivity index (χ1n) is 10.0. The van der Waals surface area contributed by atoms with Gasteiger partial charge in [-0.2, -0.15) is 0 Å². The Bertz CT molecular complexity index is 816. The fourth-order valence-electron chi connectivity index (χ4n) is 3.72. The van der Waals surface area contributed by atoms with E-state index in [-0.39, 0.29) is 17.8 Å². The van der Waals surface area contributed by atoms with Gasteiger partial charge in [-0.25, -0.2) is 4.39 Å². The summed E-state index contributed by atoms with van der Waals surface area (Å²) in [7, 11) is 1.65. The number of hydrogen-bond donors (Lipinski definition) is 1. The molecule has 1 N–H and O–H groups in total. The van der Waals surface area contributed by atoms with Crippen molar-refractivity contribution in [1.29, 1.82) is 0 Å². The van der Waals surface area contributed by atoms with Crippen LogP contribution in [0.4, 0.5) is 4.39 Å². The van der Waals surface area contributed by atoms with E-state index in [1.54, 1.807) is 19.2 Å². The van der Waals surface area contributed by atoms with E-state index in [0.717, 1.165) is 37.0 Å². The van der Waals surface area contributed by atoms with E-state index < -0.39 is 0 Å². The fourth-order valence-corrected chi connectivity index (χ4v) is 3.72. The quantitative estimate of drug-likeness (QED) is 0.711. The van der Waals surface area contributed by atoms with Crippen molar-refractivity contribution < 1.29 is 13.9 Å². The molecule has 0 aromatic heterocycles. The summed E-state index contributed by atoms with van der Waals surface area (Å²) in [5.41, 5.74) is 1.76. The zero-order valence-electron chi connectivity index (χ0n) is 16.2. The van der Waals surface area contributed by atoms with Gasteiger partial charge in [0.05, 0.1) is 19.7 Å². The fraction of sp³-hybridized carbons (Fsp3) is 0.435. The molecule has 0 bridgehead atoms. The molecular weight excluding hydrogens is 355 g/mol. The first kappa shape index (κ1) is 18.9. The molecule has 2 aliphatic carbocycles. The lowest BCUT2D eigenvalue weighted by atomic mass is 10.0. The molecule has 1 unspecified atom stereocenters. The maximum Gasteiger partial charge on any atom is 0.234 e. The molecular formula is C23H27FN2O2. The minimum atomic E-state index is -0.206. The van der Waals surface area contributed by atoms with Gasteiger partial charge in [0.15, 0.2) is 0 Å². The Kier molecular flexibility index (Phi) is 5.62. The van der Waals surface area contributed by atoms with Gasteiger partial charge in [-0.3, -0.25) is 9.69 Å². The van der Waals surface area contributed by atoms with Crippen molar-refractivity contribution in [3.05, 3.63) is 65.5 Å². The summed E-state index contributed by atoms with van der Waals surface area (Å²) in [6, 6.07) is 15.2. The Morgan fingerprint density at radius 3 is 2.46 bits per heavy atom. The van der Waals surface area contributed by atoms with E-state index in [0.29, 0.717) is 30.6 Å². The molecule has 2 aromatic rings. The predicted molar refractivity (Wildman–Crippen MR) is 106 cm³/mol. The average Bonchev–Trinajstić information content (AvgIpc) is 3.60. The monoisotopic (exact) mass is 382 g/mol. The highest BCUT2D eigenvalue weighted by Gasteiger charge is 2.35. The Hall–Kier alpha value is -2.40. The van der Waals surface area contributed by atoms with E-state index in [1.807, 2.05) is 30.3 Å². The molecule has 1 atom stereocenters. The number of hydrogen-bond acceptors (Lipinski definition) is 3. The number of nitrogens with one attached hydrogen (secondary N) is 1. The average molecular weight is 382 g/mol. The van der Waals surface area contributed by atoms with Gasteiger partial charge in [-0.1, -0.05) is 30.3 Å². The first-order valence-corrected chi connectivity index (χ1v) is 10.0. The van der Waals surface area contributed by atoms with Crippen LogP contribution in [0.15, 0.2) is 48.5 Å². The lowest BCUT2D eigenvalue weighted by Gasteiger charge is -2.24. The molecule has 0 radical (unpaired) electrons. The van der Waals surface area contributed by atoms with Crippen LogP contribution in [0.1, 0.15) is 42.9 Å². The summed E-state index contributed by atoms with van der Waals surface area (Å²) >= 11 is 0. The van der Waals surface area contributed by atoms with Crippen molar-refractivity contribution in [3.63, 3.8) is 0 Å². The number of nitrogens with zero attached hydrogens (tertiary/aromatic N) is 1. The molecule has 148 valence electrons. The van der Waals surface area contributed by atoms with E-state index in [2.05, 4.69) is 10.2 Å². The minimum absolute atomic E-state index is 0.0101. The standard InChI is InChI=1S/C23H27FN2O2/c1-28-20-12-8-17(9-13-20)23(16-6-7-16)25-22(27)15-26(19-10-11-19)14-18-4-2-3-5-21(18)24/h2-5,8-9,12-13,16,19,23H,6-7,10-11,14-15H2,1H3,(H,25,27). The molecule has 28 heavy (non-hydrogen) atoms. The Balaban J connectivity index is 1.41. The summed E-state index contributed by atoms with van der Waals surface area (Å²) in [4.78, 5) is 14.9. The molecule has 2 saturated carbocycles. The molecule has 2 aliphatic rings. The van der Waals surface area contributed by atoms with E-state index >= 15 is 0 Å². The SMILES string of the molecule is COc1ccc(C(NC(=O)CN(Cc2ccccc2F)C2CC2)C2CC2)cc1. The number of benzene rings is 2. The molecule has 0 spiro atoms. The molecule has 4 nitrogen and oxygen atoms in total. The van der Waals surface area contributed by atoms with Crippen molar-refractivity contribution in [2.75, 3.05) is 13.7 Å². The highest BCUT2D eigenvalue weighted by molar-refractivity contribution is 5.78. The minimum Gasteiger partial charge on any atom is -0.497 e. The van der Waals surface area contributed by atoms with E-state index in [9.17, 15) is 9.18 Å². The highest BCUT2D eigenvalue weighted by Crippen LogP contribution is 2.41. The lowest BCUT2D eigenvalue weighted by Crippen LogP contribution is -2.40. The summed E-state index contributed by atoms with van der Waals surface area (Å²) < 4.78 is 19.3. The highest BCUT2D eigenvalue weighted by atomic mass is 19.1. The zero-order valence-corrected chi connectivity index (χ0v) is 16.2. The number of carbonyl (C=O) groups excluding carboxylic acids is 1. The second kappa shape index (κ2) is 8.31. The molecule has 1 amide bonds. The van der Waals surface area contributed by atoms with Gasteiger partial charge in [-0.05, 0) is 55.4 Å². The Morgan fingerprint density at radius 2 is 1.86 bits per heavy atom. The van der Waals surface area contributed by atoms with Crippen molar-refractivity contribution in [2.24, 2.45) is 5.92 Å². The molecule has 0 saturated heterocycles. The number of methoxy groups -OCH3 is 1. The van der Waals surface area contributed by atoms with Crippen LogP contribution in [0.2, 0.25) is 0 Å². The molecule has 2 aromatic carbocycles. The maximum absolute atomic E-state index is 14.0. The smallest absolute Gasteiger partial charge is 0.234 e. The van der Waals surface area contributed by atoms with Crippen LogP contribution in [-0.2, 0) is 11.3 Å². The van der Waals surface area contributed by atoms with E-state index in [1.165, 1.54) is 6.07 Å². The van der Waals surface area contributed by atoms with Gasteiger partial charge < -0.3 is 10.1 Å². The summed E-state index contributed by atoms with van der Waals surface area (Å²) in [6.45, 7) is 0.778. The number of rotatable bonds is 9. The normalized spacial score (nSPS) is 17.4. The third kappa shape index (κ3) is 4.71. The zero-order chi connectivity index (χ0) is 19.5. The number of amides is 1. The van der Waals surface area contributed by atoms with Crippen LogP contribution < -0.4 is 10.1 Å². The third-order valence-corrected chi connectivity index (χ3v) is 5.63. The molecule has 0 aliphatic heterocycles. The molecule has 2 fully saturated rings. The van der Waals surface area contributed by atoms with Crippen LogP contribution in [0, 0.1) is 11.7 Å². The summed E-state index contributed by atoms with van der Waals surface area (Å²) in [6.07, 6.45) is 4.43. The Labute approximate surface area is 165 Å². The predicted octanol–water partition coefficient (Wildman–Crippen LogP) is 4.07. The van der Waals surface area contributed by atoms with Gasteiger partial charge in [-0.15, -0.1) is 0 Å². The number of halogens is 1. The molecule has 0 heterocycles. The van der Waals surface area contributed by atoms with Crippen molar-refractivity contribution >= 4 is 5.91 Å². The molecule has 5 heteroatoms. The number of carbonyl (C=O) groups is 1. The second-order valence-corrected chi connectivity index (χ2v) is 7.88. The van der Waals surface area contributed by atoms with Crippen molar-refractivity contribution in [2.45, 2.75) is 44.3 Å². The lowest BCUT2D eigenvalue weighted by molar-refractivity contribution is -0.123. The van der Waals surface area contributed by atoms with Crippen LogP contribution >= 0.6 is 0 Å². The van der Waals surface area contributed by atoms with Gasteiger partial charge in [0, 0.05) is 18.2 Å². The van der Waals surface area contributed by atoms with Gasteiger partial charge in [0.2, 0.25) is 5.91 Å². The van der Waals surface area contributed by atoms with Crippen molar-refractivity contribution in [1.82, 2.24) is 10.2 Å². The molecule has 4 rings (SSSR count). The number of ether oxygens (including phenoxy) is 1. The first-order chi connectivity index (χ1) is 13.6. The maximum atomic E-state index is 14.0. The van der Waals surface area contributed by atoms with Crippen molar-refractivity contribution in [3.8, 4) is 5.75 Å². The van der Waals surface area contributed by atoms with Crippen LogP contribution in [0.3, 0.4) is 0 Å². The van der Waals surface area contributed by atoms with Crippen LogP contribution in [-0.4, -0.2) is 30.5 Å². The van der Waals surface area contributed by atoms with Gasteiger partial charge >= 0.3 is 0 Å². The summed E-state index contributed by atoms with van der Waals surface area (Å²) in [5.74, 6) is 1.12. The van der Waals surface area contributed by atoms with Gasteiger partial charge in [0.1, 0.15) is 11.6 Å². The van der Waals surface area contributed by atoms with Gasteiger partial charge in [0.25, 0.3) is 0 Å². The van der Waals surface area contributed by atoms with Crippen LogP contribution in [0.5, 0.6) is 5.75 Å².